The van der Waals surface area contributed by atoms with Crippen LogP contribution < -0.4 is 5.32 Å². The first-order valence-electron chi connectivity index (χ1n) is 6.47. The van der Waals surface area contributed by atoms with Crippen LogP contribution in [-0.2, 0) is 11.3 Å². The lowest BCUT2D eigenvalue weighted by Gasteiger charge is -2.09. The minimum absolute atomic E-state index is 0.141. The summed E-state index contributed by atoms with van der Waals surface area (Å²) in [5.41, 5.74) is 0.966. The van der Waals surface area contributed by atoms with Crippen molar-refractivity contribution in [3.63, 3.8) is 0 Å². The van der Waals surface area contributed by atoms with E-state index in [1.165, 1.54) is 0 Å². The molecule has 0 unspecified atom stereocenters. The van der Waals surface area contributed by atoms with E-state index >= 15 is 0 Å². The minimum atomic E-state index is 0.141. The number of rotatable bonds is 4. The van der Waals surface area contributed by atoms with Gasteiger partial charge in [0.05, 0.1) is 0 Å². The van der Waals surface area contributed by atoms with Gasteiger partial charge in [0.1, 0.15) is 0 Å². The molecule has 0 bridgehead atoms. The van der Waals surface area contributed by atoms with Crippen molar-refractivity contribution < 1.29 is 4.79 Å². The van der Waals surface area contributed by atoms with Crippen LogP contribution in [0, 0.1) is 11.8 Å². The van der Waals surface area contributed by atoms with Crippen LogP contribution in [-0.4, -0.2) is 20.7 Å². The van der Waals surface area contributed by atoms with Crippen molar-refractivity contribution in [1.82, 2.24) is 20.1 Å². The summed E-state index contributed by atoms with van der Waals surface area (Å²) in [6, 6.07) is 5.68. The van der Waals surface area contributed by atoms with E-state index in [9.17, 15) is 4.79 Å². The van der Waals surface area contributed by atoms with Crippen LogP contribution in [0.4, 0.5) is 0 Å². The maximum absolute atomic E-state index is 11.8. The smallest absolute Gasteiger partial charge is 0.223 e. The van der Waals surface area contributed by atoms with Gasteiger partial charge in [0.2, 0.25) is 5.91 Å². The summed E-state index contributed by atoms with van der Waals surface area (Å²) in [7, 11) is 0. The van der Waals surface area contributed by atoms with Gasteiger partial charge in [-0.05, 0) is 24.5 Å². The van der Waals surface area contributed by atoms with Crippen LogP contribution in [0.2, 0.25) is 0 Å². The standard InChI is InChI=1S/C14H16N4O/c1-10-8-12(10)14(19)16-9-11-4-2-5-15-13(11)18-7-3-6-17-18/h2-7,10,12H,8-9H2,1H3,(H,16,19)/t10-,12-/m1/s1. The third-order valence-corrected chi connectivity index (χ3v) is 3.49. The maximum atomic E-state index is 11.8. The van der Waals surface area contributed by atoms with Gasteiger partial charge >= 0.3 is 0 Å². The van der Waals surface area contributed by atoms with Crippen molar-refractivity contribution in [3.8, 4) is 5.82 Å². The predicted molar refractivity (Wildman–Crippen MR) is 70.5 cm³/mol. The molecule has 0 spiro atoms. The number of hydrogen-bond donors (Lipinski definition) is 1. The fourth-order valence-electron chi connectivity index (χ4n) is 2.17. The van der Waals surface area contributed by atoms with Crippen molar-refractivity contribution in [2.24, 2.45) is 11.8 Å². The second-order valence-corrected chi connectivity index (χ2v) is 4.97. The van der Waals surface area contributed by atoms with Crippen LogP contribution in [0.1, 0.15) is 18.9 Å². The van der Waals surface area contributed by atoms with E-state index in [0.717, 1.165) is 17.8 Å². The highest BCUT2D eigenvalue weighted by Crippen LogP contribution is 2.37. The Morgan fingerprint density at radius 3 is 3.00 bits per heavy atom. The highest BCUT2D eigenvalue weighted by atomic mass is 16.2. The van der Waals surface area contributed by atoms with Crippen molar-refractivity contribution >= 4 is 5.91 Å². The van der Waals surface area contributed by atoms with Gasteiger partial charge in [-0.15, -0.1) is 0 Å². The lowest BCUT2D eigenvalue weighted by molar-refractivity contribution is -0.122. The second-order valence-electron chi connectivity index (χ2n) is 4.97. The summed E-state index contributed by atoms with van der Waals surface area (Å²) in [5, 5.41) is 7.15. The van der Waals surface area contributed by atoms with Crippen molar-refractivity contribution in [2.75, 3.05) is 0 Å². The fourth-order valence-corrected chi connectivity index (χ4v) is 2.17. The monoisotopic (exact) mass is 256 g/mol. The molecule has 98 valence electrons. The van der Waals surface area contributed by atoms with Crippen molar-refractivity contribution in [2.45, 2.75) is 19.9 Å². The maximum Gasteiger partial charge on any atom is 0.223 e. The first-order chi connectivity index (χ1) is 9.25. The average molecular weight is 256 g/mol. The fraction of sp³-hybridized carbons (Fsp3) is 0.357. The molecule has 0 aromatic carbocycles. The molecule has 1 saturated carbocycles. The normalized spacial score (nSPS) is 21.1. The van der Waals surface area contributed by atoms with E-state index < -0.39 is 0 Å². The number of amides is 1. The van der Waals surface area contributed by atoms with E-state index in [0.29, 0.717) is 12.5 Å². The van der Waals surface area contributed by atoms with E-state index in [1.54, 1.807) is 17.1 Å². The number of nitrogens with one attached hydrogen (secondary N) is 1. The Hall–Kier alpha value is -2.17. The second kappa shape index (κ2) is 4.84. The molecule has 5 heteroatoms. The van der Waals surface area contributed by atoms with Crippen molar-refractivity contribution in [1.29, 1.82) is 0 Å². The van der Waals surface area contributed by atoms with Gasteiger partial charge in [0.15, 0.2) is 5.82 Å². The predicted octanol–water partition coefficient (Wildman–Crippen LogP) is 1.54. The zero-order valence-electron chi connectivity index (χ0n) is 10.8. The molecule has 2 aromatic heterocycles. The molecule has 1 N–H and O–H groups in total. The summed E-state index contributed by atoms with van der Waals surface area (Å²) in [5.74, 6) is 1.63. The Kier molecular flexibility index (Phi) is 3.03. The van der Waals surface area contributed by atoms with E-state index in [2.05, 4.69) is 22.3 Å². The van der Waals surface area contributed by atoms with E-state index in [-0.39, 0.29) is 11.8 Å². The number of nitrogens with zero attached hydrogens (tertiary/aromatic N) is 3. The highest BCUT2D eigenvalue weighted by Gasteiger charge is 2.38. The molecule has 2 aromatic rings. The summed E-state index contributed by atoms with van der Waals surface area (Å²) in [4.78, 5) is 16.2. The summed E-state index contributed by atoms with van der Waals surface area (Å²) in [6.07, 6.45) is 6.29. The molecular formula is C14H16N4O. The van der Waals surface area contributed by atoms with Gasteiger partial charge in [0.25, 0.3) is 0 Å². The van der Waals surface area contributed by atoms with Gasteiger partial charge in [-0.2, -0.15) is 5.10 Å². The number of pyridine rings is 1. The molecule has 3 rings (SSSR count). The largest absolute Gasteiger partial charge is 0.352 e. The third-order valence-electron chi connectivity index (χ3n) is 3.49. The quantitative estimate of drug-likeness (QED) is 0.902. The summed E-state index contributed by atoms with van der Waals surface area (Å²) >= 11 is 0. The minimum Gasteiger partial charge on any atom is -0.352 e. The first kappa shape index (κ1) is 11.9. The molecule has 0 aliphatic heterocycles. The van der Waals surface area contributed by atoms with Gasteiger partial charge in [-0.3, -0.25) is 4.79 Å². The molecule has 1 fully saturated rings. The molecule has 1 aliphatic rings. The van der Waals surface area contributed by atoms with Gasteiger partial charge < -0.3 is 5.32 Å². The number of hydrogen-bond acceptors (Lipinski definition) is 3. The van der Waals surface area contributed by atoms with Crippen LogP contribution in [0.15, 0.2) is 36.8 Å². The lowest BCUT2D eigenvalue weighted by atomic mass is 10.2. The Bertz CT molecular complexity index is 579. The van der Waals surface area contributed by atoms with Crippen LogP contribution in [0.5, 0.6) is 0 Å². The molecule has 2 heterocycles. The van der Waals surface area contributed by atoms with Gasteiger partial charge in [0, 0.05) is 36.6 Å². The number of carbonyl (C=O) groups is 1. The number of carbonyl (C=O) groups excluding carboxylic acids is 1. The molecular weight excluding hydrogens is 240 g/mol. The molecule has 1 amide bonds. The van der Waals surface area contributed by atoms with E-state index in [4.69, 9.17) is 0 Å². The highest BCUT2D eigenvalue weighted by molar-refractivity contribution is 5.81. The summed E-state index contributed by atoms with van der Waals surface area (Å²) in [6.45, 7) is 2.59. The Morgan fingerprint density at radius 2 is 2.32 bits per heavy atom. The molecule has 1 aliphatic carbocycles. The average Bonchev–Trinajstić information content (AvgIpc) is 2.94. The Morgan fingerprint density at radius 1 is 1.47 bits per heavy atom. The SMILES string of the molecule is C[C@@H]1C[C@H]1C(=O)NCc1cccnc1-n1cccn1. The van der Waals surface area contributed by atoms with Crippen LogP contribution in [0.25, 0.3) is 5.82 Å². The van der Waals surface area contributed by atoms with Crippen molar-refractivity contribution in [3.05, 3.63) is 42.4 Å². The Balaban J connectivity index is 1.72. The molecule has 0 saturated heterocycles. The van der Waals surface area contributed by atoms with Crippen LogP contribution >= 0.6 is 0 Å². The molecule has 5 nitrogen and oxygen atoms in total. The Labute approximate surface area is 111 Å². The molecule has 2 atom stereocenters. The van der Waals surface area contributed by atoms with Gasteiger partial charge in [-0.1, -0.05) is 13.0 Å². The zero-order valence-corrected chi connectivity index (χ0v) is 10.8. The summed E-state index contributed by atoms with van der Waals surface area (Å²) < 4.78 is 1.71. The molecule has 0 radical (unpaired) electrons. The van der Waals surface area contributed by atoms with Gasteiger partial charge in [-0.25, -0.2) is 9.67 Å². The lowest BCUT2D eigenvalue weighted by Crippen LogP contribution is -2.25. The molecule has 19 heavy (non-hydrogen) atoms. The van der Waals surface area contributed by atoms with E-state index in [1.807, 2.05) is 24.4 Å². The first-order valence-corrected chi connectivity index (χ1v) is 6.47. The number of aromatic nitrogens is 3. The zero-order chi connectivity index (χ0) is 13.2. The topological polar surface area (TPSA) is 59.8 Å². The third kappa shape index (κ3) is 2.50. The van der Waals surface area contributed by atoms with Crippen LogP contribution in [0.3, 0.4) is 0 Å².